The summed E-state index contributed by atoms with van der Waals surface area (Å²) in [6.07, 6.45) is -0.354. The number of rotatable bonds is 8. The zero-order valence-corrected chi connectivity index (χ0v) is 13.9. The number of amides is 1. The Bertz CT molecular complexity index is 850. The molecule has 2 rings (SSSR count). The normalized spacial score (nSPS) is 12.6. The summed E-state index contributed by atoms with van der Waals surface area (Å²) in [5, 5.41) is 31.7. The summed E-state index contributed by atoms with van der Waals surface area (Å²) in [5.74, 6) is -4.48. The average molecular weight is 372 g/mol. The van der Waals surface area contributed by atoms with E-state index in [0.29, 0.717) is 5.56 Å². The molecule has 1 amide bonds. The van der Waals surface area contributed by atoms with E-state index in [0.717, 1.165) is 12.1 Å². The van der Waals surface area contributed by atoms with Crippen LogP contribution in [-0.2, 0) is 9.59 Å². The van der Waals surface area contributed by atoms with Gasteiger partial charge in [-0.05, 0) is 24.1 Å². The van der Waals surface area contributed by atoms with Gasteiger partial charge in [-0.15, -0.1) is 0 Å². The molecule has 140 valence electrons. The van der Waals surface area contributed by atoms with Crippen LogP contribution in [0.2, 0.25) is 0 Å². The number of carboxylic acid groups (broad SMARTS) is 2. The van der Waals surface area contributed by atoms with Crippen LogP contribution in [0, 0.1) is 10.1 Å². The number of carbonyl (C=O) groups excluding carboxylic acids is 1. The number of nitro groups is 1. The molecule has 9 nitrogen and oxygen atoms in total. The lowest BCUT2D eigenvalue weighted by Crippen LogP contribution is -2.42. The second-order valence-corrected chi connectivity index (χ2v) is 5.71. The van der Waals surface area contributed by atoms with E-state index >= 15 is 0 Å². The van der Waals surface area contributed by atoms with Crippen LogP contribution in [0.5, 0.6) is 0 Å². The van der Waals surface area contributed by atoms with Crippen LogP contribution < -0.4 is 5.32 Å². The number of nitrogens with zero attached hydrogens (tertiary/aromatic N) is 1. The van der Waals surface area contributed by atoms with Gasteiger partial charge in [0.25, 0.3) is 11.6 Å². The highest BCUT2D eigenvalue weighted by Crippen LogP contribution is 2.22. The summed E-state index contributed by atoms with van der Waals surface area (Å²) in [7, 11) is 0. The maximum Gasteiger partial charge on any atom is 0.326 e. The van der Waals surface area contributed by atoms with Crippen molar-refractivity contribution in [1.82, 2.24) is 5.32 Å². The first kappa shape index (κ1) is 19.6. The summed E-state index contributed by atoms with van der Waals surface area (Å²) in [6, 6.07) is 11.3. The highest BCUT2D eigenvalue weighted by Gasteiger charge is 2.29. The van der Waals surface area contributed by atoms with Crippen LogP contribution in [0.4, 0.5) is 5.69 Å². The maximum atomic E-state index is 12.2. The third-order valence-electron chi connectivity index (χ3n) is 3.92. The van der Waals surface area contributed by atoms with Crippen LogP contribution >= 0.6 is 0 Å². The van der Waals surface area contributed by atoms with Crippen LogP contribution in [0.3, 0.4) is 0 Å². The number of aliphatic carboxylic acids is 2. The topological polar surface area (TPSA) is 147 Å². The Hall–Kier alpha value is -3.75. The second kappa shape index (κ2) is 8.56. The lowest BCUT2D eigenvalue weighted by atomic mass is 9.92. The number of nitro benzene ring substituents is 1. The van der Waals surface area contributed by atoms with E-state index in [9.17, 15) is 34.7 Å². The molecule has 3 N–H and O–H groups in total. The van der Waals surface area contributed by atoms with E-state index in [-0.39, 0.29) is 17.7 Å². The lowest BCUT2D eigenvalue weighted by Gasteiger charge is -2.19. The van der Waals surface area contributed by atoms with Gasteiger partial charge in [0.15, 0.2) is 0 Å². The summed E-state index contributed by atoms with van der Waals surface area (Å²) < 4.78 is 0. The van der Waals surface area contributed by atoms with Gasteiger partial charge in [-0.3, -0.25) is 19.7 Å². The van der Waals surface area contributed by atoms with Crippen molar-refractivity contribution in [2.24, 2.45) is 0 Å². The van der Waals surface area contributed by atoms with Gasteiger partial charge in [0.1, 0.15) is 6.04 Å². The first-order chi connectivity index (χ1) is 12.8. The quantitative estimate of drug-likeness (QED) is 0.474. The molecule has 0 aromatic heterocycles. The molecule has 0 radical (unpaired) electrons. The molecule has 0 aliphatic rings. The van der Waals surface area contributed by atoms with Gasteiger partial charge in [0, 0.05) is 17.7 Å². The number of carboxylic acids is 2. The number of non-ortho nitro benzene ring substituents is 1. The Morgan fingerprint density at radius 2 is 1.56 bits per heavy atom. The number of nitrogens with one attached hydrogen (secondary N) is 1. The molecule has 9 heteroatoms. The third kappa shape index (κ3) is 5.11. The molecule has 2 aromatic carbocycles. The van der Waals surface area contributed by atoms with Crippen LogP contribution in [0.15, 0.2) is 54.6 Å². The van der Waals surface area contributed by atoms with Gasteiger partial charge in [0.05, 0.1) is 10.8 Å². The van der Waals surface area contributed by atoms with Crippen molar-refractivity contribution in [3.05, 3.63) is 75.8 Å². The molecule has 0 bridgehead atoms. The number of benzene rings is 2. The first-order valence-electron chi connectivity index (χ1n) is 7.85. The smallest absolute Gasteiger partial charge is 0.326 e. The number of hydrogen-bond acceptors (Lipinski definition) is 5. The predicted molar refractivity (Wildman–Crippen MR) is 93.4 cm³/mol. The van der Waals surface area contributed by atoms with Crippen LogP contribution in [0.25, 0.3) is 0 Å². The molecule has 1 unspecified atom stereocenters. The van der Waals surface area contributed by atoms with E-state index in [4.69, 9.17) is 0 Å². The minimum Gasteiger partial charge on any atom is -0.481 e. The van der Waals surface area contributed by atoms with Gasteiger partial charge >= 0.3 is 11.9 Å². The van der Waals surface area contributed by atoms with Crippen molar-refractivity contribution in [3.63, 3.8) is 0 Å². The van der Waals surface area contributed by atoms with Crippen molar-refractivity contribution in [1.29, 1.82) is 0 Å². The zero-order valence-electron chi connectivity index (χ0n) is 13.9. The van der Waals surface area contributed by atoms with Gasteiger partial charge in [-0.2, -0.15) is 0 Å². The van der Waals surface area contributed by atoms with E-state index in [1.54, 1.807) is 30.3 Å². The van der Waals surface area contributed by atoms with Crippen LogP contribution in [-0.4, -0.2) is 39.0 Å². The van der Waals surface area contributed by atoms with E-state index < -0.39 is 34.7 Å². The molecule has 0 aliphatic heterocycles. The van der Waals surface area contributed by atoms with Crippen molar-refractivity contribution in [2.75, 3.05) is 0 Å². The summed E-state index contributed by atoms with van der Waals surface area (Å²) in [5.41, 5.74) is 0.232. The average Bonchev–Trinajstić information content (AvgIpc) is 2.65. The van der Waals surface area contributed by atoms with E-state index in [1.165, 1.54) is 12.1 Å². The lowest BCUT2D eigenvalue weighted by molar-refractivity contribution is -0.384. The fraction of sp³-hybridized carbons (Fsp3) is 0.167. The molecular formula is C18H16N2O7. The van der Waals surface area contributed by atoms with Gasteiger partial charge in [-0.1, -0.05) is 30.3 Å². The van der Waals surface area contributed by atoms with Gasteiger partial charge in [-0.25, -0.2) is 4.79 Å². The molecule has 0 aliphatic carbocycles. The molecule has 27 heavy (non-hydrogen) atoms. The van der Waals surface area contributed by atoms with Gasteiger partial charge < -0.3 is 15.5 Å². The van der Waals surface area contributed by atoms with Crippen LogP contribution in [0.1, 0.15) is 28.3 Å². The van der Waals surface area contributed by atoms with Crippen molar-refractivity contribution < 1.29 is 29.5 Å². The minimum atomic E-state index is -1.45. The predicted octanol–water partition coefficient (Wildman–Crippen LogP) is 2.04. The van der Waals surface area contributed by atoms with E-state index in [1.807, 2.05) is 0 Å². The summed E-state index contributed by atoms with van der Waals surface area (Å²) in [4.78, 5) is 45.3. The van der Waals surface area contributed by atoms with E-state index in [2.05, 4.69) is 5.32 Å². The second-order valence-electron chi connectivity index (χ2n) is 5.71. The molecule has 2 aromatic rings. The molecule has 0 fully saturated rings. The van der Waals surface area contributed by atoms with Crippen molar-refractivity contribution >= 4 is 23.5 Å². The zero-order chi connectivity index (χ0) is 20.0. The molecule has 0 spiro atoms. The minimum absolute atomic E-state index is 0.0263. The number of carbonyl (C=O) groups is 3. The molecule has 2 atom stereocenters. The largest absolute Gasteiger partial charge is 0.481 e. The fourth-order valence-corrected chi connectivity index (χ4v) is 2.50. The Labute approximate surface area is 153 Å². The molecule has 0 saturated carbocycles. The monoisotopic (exact) mass is 372 g/mol. The first-order valence-corrected chi connectivity index (χ1v) is 7.85. The van der Waals surface area contributed by atoms with Crippen molar-refractivity contribution in [2.45, 2.75) is 18.4 Å². The summed E-state index contributed by atoms with van der Waals surface area (Å²) >= 11 is 0. The Morgan fingerprint density at radius 3 is 2.04 bits per heavy atom. The Kier molecular flexibility index (Phi) is 6.21. The Balaban J connectivity index is 2.16. The molecule has 0 saturated heterocycles. The highest BCUT2D eigenvalue weighted by molar-refractivity contribution is 5.97. The standard InChI is InChI=1S/C18H16N2O7/c21-16(12-6-8-13(9-7-12)20(26)27)19-15(18(24)25)10-14(17(22)23)11-4-2-1-3-5-11/h1-9,14-15H,10H2,(H,19,21)(H,22,23)(H,24,25)/t14?,15-/m0/s1. The summed E-state index contributed by atoms with van der Waals surface area (Å²) in [6.45, 7) is 0. The third-order valence-corrected chi connectivity index (χ3v) is 3.92. The number of hydrogen-bond donors (Lipinski definition) is 3. The van der Waals surface area contributed by atoms with Crippen molar-refractivity contribution in [3.8, 4) is 0 Å². The molecular weight excluding hydrogens is 356 g/mol. The molecule has 0 heterocycles. The maximum absolute atomic E-state index is 12.2. The fourth-order valence-electron chi connectivity index (χ4n) is 2.50. The highest BCUT2D eigenvalue weighted by atomic mass is 16.6. The SMILES string of the molecule is O=C(N[C@@H](CC(C(=O)O)c1ccccc1)C(=O)O)c1ccc([N+](=O)[O-])cc1. The Morgan fingerprint density at radius 1 is 0.963 bits per heavy atom. The van der Waals surface area contributed by atoms with Gasteiger partial charge in [0.2, 0.25) is 0 Å².